The molecule has 15 nitrogen and oxygen atoms in total. The monoisotopic (exact) mass is 781 g/mol. The van der Waals surface area contributed by atoms with E-state index in [1.54, 1.807) is 22.0 Å². The standard InChI is InChI=1S/C40H45F2N11O4/c41-37(42)36-33(44-39(55)32-21-43-52-15-11-34(45-38(32)52)51-23-31-20-30(51)25-57-31)24-53(47-36)29-9-5-27(6-10-29)22-49-18-16-48(17-19-49)13-1-2-26-3-7-28(8-4-26)50-14-12-35(54)46-40(50)56/h3-4,7-8,11,15,21,24,27,29-31,37H,5-6,9-10,12-14,16-20,22-23,25H2,(H,44,55)(H,46,54,56)/t27-,29+,30-,31-/m0/s1. The highest BCUT2D eigenvalue weighted by molar-refractivity contribution is 6.08. The first-order valence-electron chi connectivity index (χ1n) is 19.8. The molecule has 1 aromatic carbocycles. The van der Waals surface area contributed by atoms with E-state index in [9.17, 15) is 23.2 Å². The number of imide groups is 1. The molecule has 2 atom stereocenters. The highest BCUT2D eigenvalue weighted by Crippen LogP contribution is 2.36. The van der Waals surface area contributed by atoms with E-state index in [0.29, 0.717) is 31.3 Å². The first-order valence-corrected chi connectivity index (χ1v) is 19.8. The molecule has 2 bridgehead atoms. The van der Waals surface area contributed by atoms with Gasteiger partial charge in [0.1, 0.15) is 11.4 Å². The van der Waals surface area contributed by atoms with Gasteiger partial charge in [0.05, 0.1) is 43.2 Å². The molecule has 4 saturated heterocycles. The lowest BCUT2D eigenvalue weighted by atomic mass is 9.85. The third-order valence-electron chi connectivity index (χ3n) is 11.9. The van der Waals surface area contributed by atoms with Crippen molar-refractivity contribution >= 4 is 40.7 Å². The zero-order valence-electron chi connectivity index (χ0n) is 31.5. The summed E-state index contributed by atoms with van der Waals surface area (Å²) >= 11 is 0. The molecule has 0 spiro atoms. The van der Waals surface area contributed by atoms with Gasteiger partial charge >= 0.3 is 6.03 Å². The molecule has 1 saturated carbocycles. The average Bonchev–Trinajstić information content (AvgIpc) is 4.04. The first kappa shape index (κ1) is 37.2. The van der Waals surface area contributed by atoms with Crippen molar-refractivity contribution in [2.45, 2.75) is 63.1 Å². The van der Waals surface area contributed by atoms with Gasteiger partial charge in [-0.1, -0.05) is 11.8 Å². The van der Waals surface area contributed by atoms with Crippen LogP contribution in [0.5, 0.6) is 0 Å². The molecular weight excluding hydrogens is 737 g/mol. The van der Waals surface area contributed by atoms with Crippen LogP contribution in [0, 0.1) is 17.8 Å². The second-order valence-corrected chi connectivity index (χ2v) is 15.6. The molecule has 4 aliphatic heterocycles. The van der Waals surface area contributed by atoms with E-state index < -0.39 is 24.1 Å². The van der Waals surface area contributed by atoms with E-state index >= 15 is 0 Å². The summed E-state index contributed by atoms with van der Waals surface area (Å²) in [6, 6.07) is 9.19. The van der Waals surface area contributed by atoms with Crippen molar-refractivity contribution in [3.63, 3.8) is 0 Å². The van der Waals surface area contributed by atoms with Gasteiger partial charge in [-0.25, -0.2) is 23.1 Å². The summed E-state index contributed by atoms with van der Waals surface area (Å²) in [6.07, 6.45) is 6.90. The number of morpholine rings is 1. The molecule has 2 N–H and O–H groups in total. The molecule has 57 heavy (non-hydrogen) atoms. The van der Waals surface area contributed by atoms with Crippen molar-refractivity contribution in [1.29, 1.82) is 0 Å². The smallest absolute Gasteiger partial charge is 0.328 e. The quantitative estimate of drug-likeness (QED) is 0.240. The van der Waals surface area contributed by atoms with Crippen molar-refractivity contribution < 1.29 is 27.9 Å². The molecule has 4 amide bonds. The van der Waals surface area contributed by atoms with Crippen LogP contribution in [-0.2, 0) is 9.53 Å². The number of piperazine rings is 1. The number of aromatic nitrogens is 5. The molecular formula is C40H45F2N11O4. The predicted octanol–water partition coefficient (Wildman–Crippen LogP) is 3.94. The zero-order valence-corrected chi connectivity index (χ0v) is 31.5. The Morgan fingerprint density at radius 1 is 1.00 bits per heavy atom. The van der Waals surface area contributed by atoms with Gasteiger partial charge in [0.2, 0.25) is 5.91 Å². The number of fused-ring (bicyclic) bond motifs is 3. The highest BCUT2D eigenvalue weighted by atomic mass is 19.3. The number of nitrogens with zero attached hydrogens (tertiary/aromatic N) is 9. The molecule has 5 fully saturated rings. The number of nitrogens with one attached hydrogen (secondary N) is 2. The number of ether oxygens (including phenoxy) is 1. The Labute approximate surface area is 328 Å². The summed E-state index contributed by atoms with van der Waals surface area (Å²) in [5.74, 6) is 6.95. The number of hydrogen-bond donors (Lipinski definition) is 2. The lowest BCUT2D eigenvalue weighted by Crippen LogP contribution is -2.49. The van der Waals surface area contributed by atoms with Crippen LogP contribution in [0.15, 0.2) is 48.9 Å². The maximum Gasteiger partial charge on any atom is 0.328 e. The van der Waals surface area contributed by atoms with Crippen LogP contribution in [-0.4, -0.2) is 123 Å². The van der Waals surface area contributed by atoms with Gasteiger partial charge in [-0.05, 0) is 68.4 Å². The molecule has 4 aromatic rings. The summed E-state index contributed by atoms with van der Waals surface area (Å²) < 4.78 is 37.3. The third-order valence-corrected chi connectivity index (χ3v) is 11.9. The number of benzene rings is 1. The molecule has 9 rings (SSSR count). The number of alkyl halides is 2. The van der Waals surface area contributed by atoms with E-state index in [4.69, 9.17) is 9.72 Å². The Morgan fingerprint density at radius 3 is 2.51 bits per heavy atom. The predicted molar refractivity (Wildman–Crippen MR) is 206 cm³/mol. The van der Waals surface area contributed by atoms with Gasteiger partial charge in [-0.3, -0.25) is 29.4 Å². The van der Waals surface area contributed by atoms with E-state index in [0.717, 1.165) is 88.4 Å². The molecule has 298 valence electrons. The normalized spacial score (nSPS) is 24.3. The number of urea groups is 1. The van der Waals surface area contributed by atoms with Crippen LogP contribution in [0.4, 0.5) is 30.8 Å². The van der Waals surface area contributed by atoms with Crippen molar-refractivity contribution in [2.24, 2.45) is 5.92 Å². The third kappa shape index (κ3) is 7.94. The molecule has 0 unspecified atom stereocenters. The Kier molecular flexibility index (Phi) is 10.3. The van der Waals surface area contributed by atoms with Crippen LogP contribution >= 0.6 is 0 Å². The van der Waals surface area contributed by atoms with Gasteiger partial charge in [-0.15, -0.1) is 0 Å². The number of anilines is 3. The Hall–Kier alpha value is -5.44. The van der Waals surface area contributed by atoms with Crippen LogP contribution in [0.2, 0.25) is 0 Å². The van der Waals surface area contributed by atoms with Crippen LogP contribution in [0.1, 0.15) is 72.6 Å². The topological polar surface area (TPSA) is 145 Å². The second kappa shape index (κ2) is 15.8. The van der Waals surface area contributed by atoms with E-state index in [2.05, 4.69) is 47.4 Å². The fourth-order valence-corrected chi connectivity index (χ4v) is 8.78. The molecule has 3 aromatic heterocycles. The molecule has 17 heteroatoms. The van der Waals surface area contributed by atoms with Crippen molar-refractivity contribution in [1.82, 2.24) is 39.5 Å². The van der Waals surface area contributed by atoms with Crippen LogP contribution < -0.4 is 20.4 Å². The minimum absolute atomic E-state index is 0.00470. The maximum atomic E-state index is 14.2. The van der Waals surface area contributed by atoms with Gasteiger partial charge in [-0.2, -0.15) is 10.2 Å². The first-order chi connectivity index (χ1) is 27.7. The average molecular weight is 782 g/mol. The summed E-state index contributed by atoms with van der Waals surface area (Å²) in [5, 5.41) is 13.6. The van der Waals surface area contributed by atoms with E-state index in [-0.39, 0.29) is 41.8 Å². The fraction of sp³-hybridized carbons (Fsp3) is 0.500. The highest BCUT2D eigenvalue weighted by Gasteiger charge is 2.40. The number of hydrogen-bond acceptors (Lipinski definition) is 10. The summed E-state index contributed by atoms with van der Waals surface area (Å²) in [7, 11) is 0. The van der Waals surface area contributed by atoms with Crippen LogP contribution in [0.25, 0.3) is 5.65 Å². The van der Waals surface area contributed by atoms with E-state index in [1.807, 2.05) is 30.3 Å². The molecule has 1 aliphatic carbocycles. The largest absolute Gasteiger partial charge is 0.374 e. The molecule has 5 aliphatic rings. The van der Waals surface area contributed by atoms with Crippen molar-refractivity contribution in [3.05, 3.63) is 65.7 Å². The molecule has 0 radical (unpaired) electrons. The number of rotatable bonds is 9. The summed E-state index contributed by atoms with van der Waals surface area (Å²) in [4.78, 5) is 50.4. The van der Waals surface area contributed by atoms with Crippen molar-refractivity contribution in [3.8, 4) is 11.8 Å². The molecule has 7 heterocycles. The minimum atomic E-state index is -2.85. The van der Waals surface area contributed by atoms with Gasteiger partial charge in [0.15, 0.2) is 11.3 Å². The second-order valence-electron chi connectivity index (χ2n) is 15.6. The Balaban J connectivity index is 0.742. The number of amides is 4. The fourth-order valence-electron chi connectivity index (χ4n) is 8.78. The number of carbonyl (C=O) groups is 3. The van der Waals surface area contributed by atoms with Gasteiger partial charge < -0.3 is 19.9 Å². The summed E-state index contributed by atoms with van der Waals surface area (Å²) in [6.45, 7) is 7.25. The Morgan fingerprint density at radius 2 is 1.79 bits per heavy atom. The van der Waals surface area contributed by atoms with Crippen LogP contribution in [0.3, 0.4) is 0 Å². The minimum Gasteiger partial charge on any atom is -0.374 e. The summed E-state index contributed by atoms with van der Waals surface area (Å²) in [5.41, 5.74) is 1.74. The van der Waals surface area contributed by atoms with Gasteiger partial charge in [0, 0.05) is 75.9 Å². The van der Waals surface area contributed by atoms with Gasteiger partial charge in [0.25, 0.3) is 12.3 Å². The number of halogens is 2. The SMILES string of the molecule is O=C1CCN(c2ccc(C#CCN3CCN(C[C@H]4CC[C@@H](n5cc(NC(=O)c6cnn7ccc(N8C[C@@H]9C[C@H]8CO9)nc67)c(C(F)F)n5)CC4)CC3)cc2)C(=O)N1. The lowest BCUT2D eigenvalue weighted by Gasteiger charge is -2.37. The number of carbonyl (C=O) groups excluding carboxylic acids is 3. The lowest BCUT2D eigenvalue weighted by molar-refractivity contribution is -0.120. The van der Waals surface area contributed by atoms with Crippen molar-refractivity contribution in [2.75, 3.05) is 74.1 Å². The maximum absolute atomic E-state index is 14.2. The van der Waals surface area contributed by atoms with E-state index in [1.165, 1.54) is 10.7 Å². The Bertz CT molecular complexity index is 2200. The zero-order chi connectivity index (χ0) is 39.0.